The number of fused-ring (bicyclic) bond motifs is 1. The van der Waals surface area contributed by atoms with Gasteiger partial charge in [0.15, 0.2) is 0 Å². The summed E-state index contributed by atoms with van der Waals surface area (Å²) in [5.74, 6) is 1.54. The van der Waals surface area contributed by atoms with Crippen LogP contribution in [0.25, 0.3) is 5.78 Å². The Morgan fingerprint density at radius 1 is 1.19 bits per heavy atom. The lowest BCUT2D eigenvalue weighted by Crippen LogP contribution is -2.14. The molecule has 2 aromatic heterocycles. The standard InChI is InChI=1S/C16H17N3O2/c1-12-11-15(20)19-10-9-18(16(19)17-12)8-7-13-3-5-14(21-2)6-4-13/h3-6,9-11H,7-8H2,1-2H3. The summed E-state index contributed by atoms with van der Waals surface area (Å²) in [6, 6.07) is 9.55. The lowest BCUT2D eigenvalue weighted by Gasteiger charge is -2.06. The smallest absolute Gasteiger partial charge is 0.259 e. The van der Waals surface area contributed by atoms with Gasteiger partial charge in [-0.05, 0) is 31.0 Å². The highest BCUT2D eigenvalue weighted by Crippen LogP contribution is 2.12. The van der Waals surface area contributed by atoms with E-state index in [9.17, 15) is 4.79 Å². The molecule has 3 rings (SSSR count). The van der Waals surface area contributed by atoms with Crippen molar-refractivity contribution < 1.29 is 4.74 Å². The maximum absolute atomic E-state index is 11.9. The van der Waals surface area contributed by atoms with Crippen LogP contribution < -0.4 is 10.3 Å². The number of aryl methyl sites for hydroxylation is 3. The first-order valence-corrected chi connectivity index (χ1v) is 6.85. The first-order chi connectivity index (χ1) is 10.2. The molecule has 0 fully saturated rings. The molecule has 0 aliphatic rings. The predicted molar refractivity (Wildman–Crippen MR) is 80.9 cm³/mol. The zero-order chi connectivity index (χ0) is 14.8. The van der Waals surface area contributed by atoms with Crippen molar-refractivity contribution in [1.82, 2.24) is 14.0 Å². The molecule has 3 aromatic rings. The van der Waals surface area contributed by atoms with E-state index >= 15 is 0 Å². The third-order valence-corrected chi connectivity index (χ3v) is 3.51. The van der Waals surface area contributed by atoms with Crippen LogP contribution in [0.2, 0.25) is 0 Å². The van der Waals surface area contributed by atoms with Gasteiger partial charge in [0, 0.05) is 30.7 Å². The number of benzene rings is 1. The van der Waals surface area contributed by atoms with Crippen molar-refractivity contribution >= 4 is 5.78 Å². The van der Waals surface area contributed by atoms with E-state index in [0.717, 1.165) is 24.4 Å². The second kappa shape index (κ2) is 5.44. The minimum atomic E-state index is -0.0410. The number of nitrogens with zero attached hydrogens (tertiary/aromatic N) is 3. The molecule has 0 unspecified atom stereocenters. The average molecular weight is 283 g/mol. The molecule has 2 heterocycles. The molecule has 0 saturated carbocycles. The Hall–Kier alpha value is -2.56. The fourth-order valence-corrected chi connectivity index (χ4v) is 2.36. The summed E-state index contributed by atoms with van der Waals surface area (Å²) in [4.78, 5) is 16.3. The number of methoxy groups -OCH3 is 1. The summed E-state index contributed by atoms with van der Waals surface area (Å²) in [6.07, 6.45) is 4.53. The van der Waals surface area contributed by atoms with Crippen LogP contribution in [0.4, 0.5) is 0 Å². The number of rotatable bonds is 4. The Kier molecular flexibility index (Phi) is 3.48. The molecular formula is C16H17N3O2. The lowest BCUT2D eigenvalue weighted by molar-refractivity contribution is 0.414. The molecule has 0 atom stereocenters. The molecule has 0 saturated heterocycles. The van der Waals surface area contributed by atoms with Crippen LogP contribution in [0.15, 0.2) is 47.5 Å². The van der Waals surface area contributed by atoms with Gasteiger partial charge in [0.1, 0.15) is 5.75 Å². The van der Waals surface area contributed by atoms with Crippen molar-refractivity contribution in [2.45, 2.75) is 19.9 Å². The van der Waals surface area contributed by atoms with Crippen molar-refractivity contribution in [3.63, 3.8) is 0 Å². The van der Waals surface area contributed by atoms with E-state index in [1.807, 2.05) is 29.8 Å². The minimum absolute atomic E-state index is 0.0410. The van der Waals surface area contributed by atoms with E-state index in [1.54, 1.807) is 23.8 Å². The van der Waals surface area contributed by atoms with Crippen LogP contribution >= 0.6 is 0 Å². The topological polar surface area (TPSA) is 48.5 Å². The maximum atomic E-state index is 11.9. The molecule has 0 radical (unpaired) electrons. The molecule has 5 nitrogen and oxygen atoms in total. The van der Waals surface area contributed by atoms with Crippen molar-refractivity contribution in [2.24, 2.45) is 0 Å². The molecule has 5 heteroatoms. The second-order valence-electron chi connectivity index (χ2n) is 5.00. The molecule has 21 heavy (non-hydrogen) atoms. The average Bonchev–Trinajstić information content (AvgIpc) is 2.89. The number of ether oxygens (including phenoxy) is 1. The fourth-order valence-electron chi connectivity index (χ4n) is 2.36. The Balaban J connectivity index is 1.83. The van der Waals surface area contributed by atoms with Crippen molar-refractivity contribution in [3.8, 4) is 5.75 Å². The first-order valence-electron chi connectivity index (χ1n) is 6.85. The third kappa shape index (κ3) is 2.67. The van der Waals surface area contributed by atoms with Gasteiger partial charge in [0.2, 0.25) is 5.78 Å². The lowest BCUT2D eigenvalue weighted by atomic mass is 10.1. The van der Waals surface area contributed by atoms with Crippen LogP contribution in [0.3, 0.4) is 0 Å². The number of aromatic nitrogens is 3. The normalized spacial score (nSPS) is 11.0. The van der Waals surface area contributed by atoms with Gasteiger partial charge in [-0.1, -0.05) is 12.1 Å². The molecule has 0 aliphatic carbocycles. The SMILES string of the molecule is COc1ccc(CCn2ccn3c(=O)cc(C)nc23)cc1. The van der Waals surface area contributed by atoms with Gasteiger partial charge in [0.25, 0.3) is 5.56 Å². The molecule has 0 amide bonds. The highest BCUT2D eigenvalue weighted by Gasteiger charge is 2.05. The van der Waals surface area contributed by atoms with Gasteiger partial charge in [-0.25, -0.2) is 4.98 Å². The number of hydrogen-bond donors (Lipinski definition) is 0. The van der Waals surface area contributed by atoms with Crippen LogP contribution in [0.1, 0.15) is 11.3 Å². The summed E-state index contributed by atoms with van der Waals surface area (Å²) in [6.45, 7) is 2.61. The molecule has 1 aromatic carbocycles. The van der Waals surface area contributed by atoms with Gasteiger partial charge in [0.05, 0.1) is 7.11 Å². The van der Waals surface area contributed by atoms with Gasteiger partial charge < -0.3 is 9.30 Å². The molecule has 108 valence electrons. The van der Waals surface area contributed by atoms with Crippen molar-refractivity contribution in [2.75, 3.05) is 7.11 Å². The highest BCUT2D eigenvalue weighted by atomic mass is 16.5. The zero-order valence-corrected chi connectivity index (χ0v) is 12.1. The summed E-state index contributed by atoms with van der Waals surface area (Å²) in [5.41, 5.74) is 1.92. The van der Waals surface area contributed by atoms with E-state index in [4.69, 9.17) is 4.74 Å². The Labute approximate surface area is 122 Å². The van der Waals surface area contributed by atoms with Crippen LogP contribution in [-0.2, 0) is 13.0 Å². The summed E-state index contributed by atoms with van der Waals surface area (Å²) in [7, 11) is 1.66. The van der Waals surface area contributed by atoms with E-state index in [-0.39, 0.29) is 5.56 Å². The highest BCUT2D eigenvalue weighted by molar-refractivity contribution is 5.32. The molecule has 0 spiro atoms. The van der Waals surface area contributed by atoms with Crippen LogP contribution in [0, 0.1) is 6.92 Å². The van der Waals surface area contributed by atoms with E-state index in [0.29, 0.717) is 5.78 Å². The first kappa shape index (κ1) is 13.4. The largest absolute Gasteiger partial charge is 0.497 e. The van der Waals surface area contributed by atoms with Gasteiger partial charge in [-0.3, -0.25) is 9.20 Å². The molecule has 0 bridgehead atoms. The Bertz CT molecular complexity index is 816. The van der Waals surface area contributed by atoms with E-state index in [1.165, 1.54) is 5.56 Å². The number of imidazole rings is 1. The maximum Gasteiger partial charge on any atom is 0.259 e. The molecule has 0 aliphatic heterocycles. The van der Waals surface area contributed by atoms with E-state index in [2.05, 4.69) is 17.1 Å². The van der Waals surface area contributed by atoms with Crippen molar-refractivity contribution in [1.29, 1.82) is 0 Å². The molecular weight excluding hydrogens is 266 g/mol. The zero-order valence-electron chi connectivity index (χ0n) is 12.1. The Morgan fingerprint density at radius 3 is 2.67 bits per heavy atom. The van der Waals surface area contributed by atoms with Gasteiger partial charge in [-0.2, -0.15) is 0 Å². The molecule has 0 N–H and O–H groups in total. The summed E-state index contributed by atoms with van der Waals surface area (Å²) in [5, 5.41) is 0. The third-order valence-electron chi connectivity index (χ3n) is 3.51. The van der Waals surface area contributed by atoms with E-state index < -0.39 is 0 Å². The summed E-state index contributed by atoms with van der Waals surface area (Å²) >= 11 is 0. The number of hydrogen-bond acceptors (Lipinski definition) is 3. The van der Waals surface area contributed by atoms with Gasteiger partial charge >= 0.3 is 0 Å². The Morgan fingerprint density at radius 2 is 1.95 bits per heavy atom. The predicted octanol–water partition coefficient (Wildman–Crippen LogP) is 2.06. The van der Waals surface area contributed by atoms with Crippen molar-refractivity contribution in [3.05, 3.63) is 64.3 Å². The van der Waals surface area contributed by atoms with Gasteiger partial charge in [-0.15, -0.1) is 0 Å². The fraction of sp³-hybridized carbons (Fsp3) is 0.250. The summed E-state index contributed by atoms with van der Waals surface area (Å²) < 4.78 is 8.72. The minimum Gasteiger partial charge on any atom is -0.497 e. The quantitative estimate of drug-likeness (QED) is 0.736. The van der Waals surface area contributed by atoms with Crippen LogP contribution in [0.5, 0.6) is 5.75 Å². The monoisotopic (exact) mass is 283 g/mol. The second-order valence-corrected chi connectivity index (χ2v) is 5.00. The van der Waals surface area contributed by atoms with Crippen LogP contribution in [-0.4, -0.2) is 21.1 Å².